The largest absolute Gasteiger partial charge is 0.420 e. The quantitative estimate of drug-likeness (QED) is 0.475. The highest BCUT2D eigenvalue weighted by Crippen LogP contribution is 2.31. The maximum atomic E-state index is 10.6. The van der Waals surface area contributed by atoms with E-state index < -0.39 is 4.92 Å². The van der Waals surface area contributed by atoms with Crippen LogP contribution in [0, 0.1) is 10.1 Å². The van der Waals surface area contributed by atoms with Gasteiger partial charge in [0.05, 0.1) is 9.80 Å². The summed E-state index contributed by atoms with van der Waals surface area (Å²) in [6.45, 7) is 3.89. The van der Waals surface area contributed by atoms with Crippen LogP contribution in [0.2, 0.25) is 0 Å². The lowest BCUT2D eigenvalue weighted by atomic mass is 10.3. The van der Waals surface area contributed by atoms with Crippen LogP contribution in [0.4, 0.5) is 5.00 Å². The third-order valence-electron chi connectivity index (χ3n) is 2.44. The Labute approximate surface area is 113 Å². The fourth-order valence-electron chi connectivity index (χ4n) is 1.54. The lowest BCUT2D eigenvalue weighted by molar-refractivity contribution is -0.380. The molecule has 102 valence electrons. The van der Waals surface area contributed by atoms with Gasteiger partial charge < -0.3 is 9.73 Å². The van der Waals surface area contributed by atoms with Gasteiger partial charge in [0, 0.05) is 12.5 Å². The molecule has 0 aliphatic heterocycles. The standard InChI is InChI=1S/C11H14N4O3S/c1-2-12-7-3-4-9-13-14-11(18-9)8-5-6-10(19-8)15(16)17/h5-6,12H,2-4,7H2,1H3. The van der Waals surface area contributed by atoms with Crippen LogP contribution >= 0.6 is 11.3 Å². The van der Waals surface area contributed by atoms with Crippen molar-refractivity contribution in [3.8, 4) is 10.8 Å². The third-order valence-corrected chi connectivity index (χ3v) is 3.47. The van der Waals surface area contributed by atoms with Gasteiger partial charge >= 0.3 is 5.00 Å². The van der Waals surface area contributed by atoms with Gasteiger partial charge in [-0.2, -0.15) is 0 Å². The van der Waals surface area contributed by atoms with E-state index >= 15 is 0 Å². The summed E-state index contributed by atoms with van der Waals surface area (Å²) < 4.78 is 5.48. The zero-order valence-corrected chi connectivity index (χ0v) is 11.3. The summed E-state index contributed by atoms with van der Waals surface area (Å²) in [5.41, 5.74) is 0. The second-order valence-electron chi connectivity index (χ2n) is 3.85. The minimum atomic E-state index is -0.429. The molecule has 7 nitrogen and oxygen atoms in total. The van der Waals surface area contributed by atoms with E-state index in [4.69, 9.17) is 4.42 Å². The Morgan fingerprint density at radius 1 is 1.47 bits per heavy atom. The van der Waals surface area contributed by atoms with E-state index in [1.54, 1.807) is 6.07 Å². The maximum Gasteiger partial charge on any atom is 0.324 e. The van der Waals surface area contributed by atoms with E-state index in [0.29, 0.717) is 23.1 Å². The SMILES string of the molecule is CCNCCCc1nnc(-c2ccc([N+](=O)[O-])s2)o1. The predicted molar refractivity (Wildman–Crippen MR) is 71.1 cm³/mol. The third kappa shape index (κ3) is 3.58. The Hall–Kier alpha value is -1.80. The Balaban J connectivity index is 1.97. The first-order valence-electron chi connectivity index (χ1n) is 5.98. The van der Waals surface area contributed by atoms with E-state index in [0.717, 1.165) is 30.8 Å². The summed E-state index contributed by atoms with van der Waals surface area (Å²) in [4.78, 5) is 10.8. The molecule has 0 atom stereocenters. The van der Waals surface area contributed by atoms with Gasteiger partial charge in [-0.1, -0.05) is 18.3 Å². The van der Waals surface area contributed by atoms with Crippen molar-refractivity contribution in [2.45, 2.75) is 19.8 Å². The highest BCUT2D eigenvalue weighted by atomic mass is 32.1. The van der Waals surface area contributed by atoms with E-state index in [1.807, 2.05) is 0 Å². The van der Waals surface area contributed by atoms with Crippen LogP contribution in [-0.2, 0) is 6.42 Å². The molecular formula is C11H14N4O3S. The second-order valence-corrected chi connectivity index (χ2v) is 4.92. The van der Waals surface area contributed by atoms with Crippen LogP contribution in [0.25, 0.3) is 10.8 Å². The van der Waals surface area contributed by atoms with Gasteiger partial charge in [0.2, 0.25) is 5.89 Å². The van der Waals surface area contributed by atoms with E-state index in [2.05, 4.69) is 22.4 Å². The molecule has 0 aliphatic carbocycles. The van der Waals surface area contributed by atoms with E-state index in [1.165, 1.54) is 6.07 Å². The molecule has 0 aliphatic rings. The van der Waals surface area contributed by atoms with Crippen LogP contribution in [0.5, 0.6) is 0 Å². The number of nitrogens with zero attached hydrogens (tertiary/aromatic N) is 3. The monoisotopic (exact) mass is 282 g/mol. The molecular weight excluding hydrogens is 268 g/mol. The van der Waals surface area contributed by atoms with E-state index in [9.17, 15) is 10.1 Å². The van der Waals surface area contributed by atoms with Gasteiger partial charge in [0.1, 0.15) is 0 Å². The van der Waals surface area contributed by atoms with Crippen molar-refractivity contribution in [3.63, 3.8) is 0 Å². The Morgan fingerprint density at radius 2 is 2.32 bits per heavy atom. The molecule has 2 aromatic rings. The molecule has 2 heterocycles. The lowest BCUT2D eigenvalue weighted by Crippen LogP contribution is -2.14. The molecule has 0 fully saturated rings. The van der Waals surface area contributed by atoms with Crippen LogP contribution in [0.3, 0.4) is 0 Å². The van der Waals surface area contributed by atoms with Gasteiger partial charge in [0.15, 0.2) is 0 Å². The van der Waals surface area contributed by atoms with Crippen molar-refractivity contribution in [2.75, 3.05) is 13.1 Å². The first-order valence-corrected chi connectivity index (χ1v) is 6.80. The molecule has 8 heteroatoms. The summed E-state index contributed by atoms with van der Waals surface area (Å²) in [5, 5.41) is 21.7. The molecule has 0 unspecified atom stereocenters. The number of aromatic nitrogens is 2. The lowest BCUT2D eigenvalue weighted by Gasteiger charge is -1.97. The number of thiophene rings is 1. The number of nitrogens with one attached hydrogen (secondary N) is 1. The summed E-state index contributed by atoms with van der Waals surface area (Å²) in [6, 6.07) is 3.06. The number of hydrogen-bond donors (Lipinski definition) is 1. The topological polar surface area (TPSA) is 94.1 Å². The second kappa shape index (κ2) is 6.39. The maximum absolute atomic E-state index is 10.6. The van der Waals surface area contributed by atoms with Crippen LogP contribution < -0.4 is 5.32 Å². The van der Waals surface area contributed by atoms with Gasteiger partial charge in [-0.3, -0.25) is 10.1 Å². The molecule has 0 saturated heterocycles. The highest BCUT2D eigenvalue weighted by molar-refractivity contribution is 7.18. The van der Waals surface area contributed by atoms with Crippen molar-refractivity contribution < 1.29 is 9.34 Å². The van der Waals surface area contributed by atoms with Crippen molar-refractivity contribution in [2.24, 2.45) is 0 Å². The molecule has 2 rings (SSSR count). The highest BCUT2D eigenvalue weighted by Gasteiger charge is 2.15. The average molecular weight is 282 g/mol. The number of nitro groups is 1. The fourth-order valence-corrected chi connectivity index (χ4v) is 2.28. The van der Waals surface area contributed by atoms with Crippen molar-refractivity contribution in [1.29, 1.82) is 0 Å². The number of hydrogen-bond acceptors (Lipinski definition) is 7. The zero-order chi connectivity index (χ0) is 13.7. The fraction of sp³-hybridized carbons (Fsp3) is 0.455. The Bertz CT molecular complexity index is 552. The molecule has 0 bridgehead atoms. The summed E-state index contributed by atoms with van der Waals surface area (Å²) in [6.07, 6.45) is 1.62. The number of aryl methyl sites for hydroxylation is 1. The molecule has 2 aromatic heterocycles. The van der Waals surface area contributed by atoms with Crippen LogP contribution in [0.15, 0.2) is 16.5 Å². The molecule has 1 N–H and O–H groups in total. The molecule has 0 aromatic carbocycles. The smallest absolute Gasteiger partial charge is 0.324 e. The normalized spacial score (nSPS) is 10.8. The molecule has 19 heavy (non-hydrogen) atoms. The number of rotatable bonds is 7. The first kappa shape index (κ1) is 13.6. The van der Waals surface area contributed by atoms with Gasteiger partial charge in [-0.15, -0.1) is 10.2 Å². The van der Waals surface area contributed by atoms with Crippen molar-refractivity contribution >= 4 is 16.3 Å². The molecule has 0 saturated carbocycles. The minimum Gasteiger partial charge on any atom is -0.420 e. The van der Waals surface area contributed by atoms with Crippen LogP contribution in [-0.4, -0.2) is 28.2 Å². The molecule has 0 spiro atoms. The Kier molecular flexibility index (Phi) is 4.58. The Morgan fingerprint density at radius 3 is 3.00 bits per heavy atom. The van der Waals surface area contributed by atoms with Gasteiger partial charge in [-0.25, -0.2) is 0 Å². The van der Waals surface area contributed by atoms with E-state index in [-0.39, 0.29) is 5.00 Å². The summed E-state index contributed by atoms with van der Waals surface area (Å²) >= 11 is 1.03. The summed E-state index contributed by atoms with van der Waals surface area (Å²) in [5.74, 6) is 0.903. The average Bonchev–Trinajstić information content (AvgIpc) is 3.03. The summed E-state index contributed by atoms with van der Waals surface area (Å²) in [7, 11) is 0. The van der Waals surface area contributed by atoms with Crippen molar-refractivity contribution in [3.05, 3.63) is 28.1 Å². The van der Waals surface area contributed by atoms with Gasteiger partial charge in [-0.05, 0) is 25.6 Å². The first-order chi connectivity index (χ1) is 9.20. The predicted octanol–water partition coefficient (Wildman–Crippen LogP) is 2.25. The molecule has 0 radical (unpaired) electrons. The zero-order valence-electron chi connectivity index (χ0n) is 10.5. The minimum absolute atomic E-state index is 0.0712. The van der Waals surface area contributed by atoms with Crippen molar-refractivity contribution in [1.82, 2.24) is 15.5 Å². The van der Waals surface area contributed by atoms with Gasteiger partial charge in [0.25, 0.3) is 5.89 Å². The molecule has 0 amide bonds. The van der Waals surface area contributed by atoms with Crippen LogP contribution in [0.1, 0.15) is 19.2 Å².